The van der Waals surface area contributed by atoms with E-state index in [0.717, 1.165) is 0 Å². The van der Waals surface area contributed by atoms with Gasteiger partial charge in [0.1, 0.15) is 0 Å². The molecule has 0 saturated carbocycles. The van der Waals surface area contributed by atoms with E-state index in [1.165, 1.54) is 0 Å². The first-order valence-corrected chi connectivity index (χ1v) is 4.90. The zero-order valence-corrected chi connectivity index (χ0v) is 9.18. The minimum absolute atomic E-state index is 0.280. The Morgan fingerprint density at radius 2 is 1.79 bits per heavy atom. The number of halogens is 2. The van der Waals surface area contributed by atoms with Crippen molar-refractivity contribution in [3.05, 3.63) is 0 Å². The van der Waals surface area contributed by atoms with Gasteiger partial charge in [-0.25, -0.2) is 8.78 Å². The first-order chi connectivity index (χ1) is 6.16. The number of hydrogen-bond donors (Lipinski definition) is 1. The summed E-state index contributed by atoms with van der Waals surface area (Å²) in [5.41, 5.74) is 4.59. The largest absolute Gasteiger partial charge is 0.369 e. The third kappa shape index (κ3) is 2.23. The summed E-state index contributed by atoms with van der Waals surface area (Å²) in [4.78, 5) is 0. The predicted octanol–water partition coefficient (Wildman–Crippen LogP) is 2.17. The zero-order chi connectivity index (χ0) is 11.1. The number of ether oxygens (including phenoxy) is 1. The van der Waals surface area contributed by atoms with Crippen LogP contribution in [0.4, 0.5) is 8.78 Å². The molecule has 0 amide bonds. The lowest BCUT2D eigenvalue weighted by Gasteiger charge is -2.30. The lowest BCUT2D eigenvalue weighted by molar-refractivity contribution is -0.0821. The van der Waals surface area contributed by atoms with Crippen molar-refractivity contribution in [3.63, 3.8) is 0 Å². The minimum atomic E-state index is -2.48. The van der Waals surface area contributed by atoms with Crippen molar-refractivity contribution in [1.82, 2.24) is 0 Å². The smallest absolute Gasteiger partial charge is 0.253 e. The van der Waals surface area contributed by atoms with Crippen molar-refractivity contribution in [2.75, 3.05) is 0 Å². The molecule has 0 aromatic heterocycles. The first kappa shape index (κ1) is 11.9. The molecule has 0 aromatic carbocycles. The van der Waals surface area contributed by atoms with Crippen molar-refractivity contribution in [1.29, 1.82) is 0 Å². The van der Waals surface area contributed by atoms with E-state index in [1.54, 1.807) is 0 Å². The highest BCUT2D eigenvalue weighted by atomic mass is 19.3. The molecular formula is C10H19F2NO. The SMILES string of the molecule is CC1(C)CC(C(N)C(F)F)C(C)(C)O1. The fourth-order valence-corrected chi connectivity index (χ4v) is 2.38. The second-order valence-corrected chi connectivity index (χ2v) is 5.19. The van der Waals surface area contributed by atoms with Crippen LogP contribution in [0.3, 0.4) is 0 Å². The van der Waals surface area contributed by atoms with Crippen LogP contribution in [0.25, 0.3) is 0 Å². The van der Waals surface area contributed by atoms with Gasteiger partial charge in [-0.2, -0.15) is 0 Å². The Hall–Kier alpha value is -0.220. The van der Waals surface area contributed by atoms with Gasteiger partial charge in [-0.3, -0.25) is 0 Å². The molecule has 1 aliphatic rings. The molecule has 2 N–H and O–H groups in total. The van der Waals surface area contributed by atoms with E-state index in [-0.39, 0.29) is 11.5 Å². The summed E-state index contributed by atoms with van der Waals surface area (Å²) in [5.74, 6) is -0.280. The first-order valence-electron chi connectivity index (χ1n) is 4.90. The molecule has 2 unspecified atom stereocenters. The molecule has 0 bridgehead atoms. The maximum absolute atomic E-state index is 12.5. The fourth-order valence-electron chi connectivity index (χ4n) is 2.38. The summed E-state index contributed by atoms with van der Waals surface area (Å²) >= 11 is 0. The molecule has 2 atom stereocenters. The standard InChI is InChI=1S/C10H19F2NO/c1-9(2)5-6(7(13)8(11)12)10(3,4)14-9/h6-8H,5,13H2,1-4H3. The Balaban J connectivity index is 2.80. The van der Waals surface area contributed by atoms with Crippen LogP contribution in [0.1, 0.15) is 34.1 Å². The summed E-state index contributed by atoms with van der Waals surface area (Å²) in [6, 6.07) is -1.09. The molecule has 0 aliphatic carbocycles. The monoisotopic (exact) mass is 207 g/mol. The van der Waals surface area contributed by atoms with Crippen molar-refractivity contribution in [3.8, 4) is 0 Å². The molecule has 84 valence electrons. The molecular weight excluding hydrogens is 188 g/mol. The Morgan fingerprint density at radius 3 is 2.07 bits per heavy atom. The number of rotatable bonds is 2. The van der Waals surface area contributed by atoms with E-state index in [2.05, 4.69) is 0 Å². The van der Waals surface area contributed by atoms with Gasteiger partial charge in [0.2, 0.25) is 0 Å². The van der Waals surface area contributed by atoms with E-state index < -0.39 is 18.1 Å². The van der Waals surface area contributed by atoms with Crippen molar-refractivity contribution < 1.29 is 13.5 Å². The maximum atomic E-state index is 12.5. The quantitative estimate of drug-likeness (QED) is 0.753. The molecule has 0 spiro atoms. The van der Waals surface area contributed by atoms with Gasteiger partial charge in [0, 0.05) is 5.92 Å². The van der Waals surface area contributed by atoms with Gasteiger partial charge in [0.25, 0.3) is 6.43 Å². The van der Waals surface area contributed by atoms with Gasteiger partial charge < -0.3 is 10.5 Å². The summed E-state index contributed by atoms with van der Waals surface area (Å²) in [6.45, 7) is 7.48. The molecule has 0 radical (unpaired) electrons. The second-order valence-electron chi connectivity index (χ2n) is 5.19. The highest BCUT2D eigenvalue weighted by Gasteiger charge is 2.50. The van der Waals surface area contributed by atoms with Crippen molar-refractivity contribution in [2.24, 2.45) is 11.7 Å². The van der Waals surface area contributed by atoms with Gasteiger partial charge in [-0.1, -0.05) is 0 Å². The number of nitrogens with two attached hydrogens (primary N) is 1. The van der Waals surface area contributed by atoms with Crippen LogP contribution in [0.15, 0.2) is 0 Å². The Kier molecular flexibility index (Phi) is 2.89. The van der Waals surface area contributed by atoms with Crippen LogP contribution in [-0.4, -0.2) is 23.7 Å². The van der Waals surface area contributed by atoms with Crippen LogP contribution in [-0.2, 0) is 4.74 Å². The topological polar surface area (TPSA) is 35.2 Å². The van der Waals surface area contributed by atoms with Crippen LogP contribution in [0.2, 0.25) is 0 Å². The van der Waals surface area contributed by atoms with Crippen LogP contribution >= 0.6 is 0 Å². The molecule has 1 fully saturated rings. The van der Waals surface area contributed by atoms with Gasteiger partial charge in [0.15, 0.2) is 0 Å². The molecule has 1 rings (SSSR count). The predicted molar refractivity (Wildman–Crippen MR) is 51.3 cm³/mol. The Labute approximate surface area is 83.8 Å². The lowest BCUT2D eigenvalue weighted by Crippen LogP contribution is -2.45. The molecule has 14 heavy (non-hydrogen) atoms. The van der Waals surface area contributed by atoms with E-state index in [9.17, 15) is 8.78 Å². The summed E-state index contributed by atoms with van der Waals surface area (Å²) in [7, 11) is 0. The summed E-state index contributed by atoms with van der Waals surface area (Å²) in [5, 5.41) is 0. The van der Waals surface area contributed by atoms with Gasteiger partial charge in [-0.15, -0.1) is 0 Å². The Bertz CT molecular complexity index is 216. The highest BCUT2D eigenvalue weighted by Crippen LogP contribution is 2.43. The average Bonchev–Trinajstić information content (AvgIpc) is 2.17. The molecule has 1 aliphatic heterocycles. The summed E-state index contributed by atoms with van der Waals surface area (Å²) < 4.78 is 30.7. The van der Waals surface area contributed by atoms with Crippen LogP contribution in [0.5, 0.6) is 0 Å². The van der Waals surface area contributed by atoms with Gasteiger partial charge in [-0.05, 0) is 34.1 Å². The third-order valence-electron chi connectivity index (χ3n) is 2.90. The van der Waals surface area contributed by atoms with E-state index in [1.807, 2.05) is 27.7 Å². The highest BCUT2D eigenvalue weighted by molar-refractivity contribution is 4.99. The van der Waals surface area contributed by atoms with E-state index >= 15 is 0 Å². The van der Waals surface area contributed by atoms with Gasteiger partial charge in [0.05, 0.1) is 17.2 Å². The molecule has 1 heterocycles. The number of alkyl halides is 2. The fraction of sp³-hybridized carbons (Fsp3) is 1.00. The Morgan fingerprint density at radius 1 is 1.29 bits per heavy atom. The molecule has 2 nitrogen and oxygen atoms in total. The summed E-state index contributed by atoms with van der Waals surface area (Å²) in [6.07, 6.45) is -1.89. The maximum Gasteiger partial charge on any atom is 0.253 e. The van der Waals surface area contributed by atoms with Crippen LogP contribution in [0, 0.1) is 5.92 Å². The normalized spacial score (nSPS) is 32.1. The average molecular weight is 207 g/mol. The third-order valence-corrected chi connectivity index (χ3v) is 2.90. The lowest BCUT2D eigenvalue weighted by atomic mass is 9.82. The van der Waals surface area contributed by atoms with Crippen molar-refractivity contribution >= 4 is 0 Å². The van der Waals surface area contributed by atoms with Crippen molar-refractivity contribution in [2.45, 2.75) is 57.8 Å². The molecule has 0 aromatic rings. The van der Waals surface area contributed by atoms with Gasteiger partial charge >= 0.3 is 0 Å². The molecule has 1 saturated heterocycles. The van der Waals surface area contributed by atoms with Crippen LogP contribution < -0.4 is 5.73 Å². The number of hydrogen-bond acceptors (Lipinski definition) is 2. The zero-order valence-electron chi connectivity index (χ0n) is 9.18. The van der Waals surface area contributed by atoms with E-state index in [0.29, 0.717) is 6.42 Å². The van der Waals surface area contributed by atoms with E-state index in [4.69, 9.17) is 10.5 Å². The second kappa shape index (κ2) is 3.42. The molecule has 4 heteroatoms. The minimum Gasteiger partial charge on any atom is -0.369 e.